The van der Waals surface area contributed by atoms with E-state index in [1.807, 2.05) is 7.05 Å². The van der Waals surface area contributed by atoms with E-state index in [4.69, 9.17) is 0 Å². The van der Waals surface area contributed by atoms with Crippen LogP contribution in [0.5, 0.6) is 0 Å². The first-order valence-corrected chi connectivity index (χ1v) is 11.1. The maximum Gasteiger partial charge on any atom is 0.191 e. The Morgan fingerprint density at radius 1 is 1.27 bits per heavy atom. The summed E-state index contributed by atoms with van der Waals surface area (Å²) in [5, 5.41) is 11.7. The first kappa shape index (κ1) is 22.3. The highest BCUT2D eigenvalue weighted by Crippen LogP contribution is 2.17. The molecule has 3 rings (SSSR count). The van der Waals surface area contributed by atoms with Crippen LogP contribution in [0.3, 0.4) is 0 Å². The average molecular weight is 412 g/mol. The number of fused-ring (bicyclic) bond motifs is 1. The van der Waals surface area contributed by atoms with E-state index in [0.717, 1.165) is 56.5 Å². The van der Waals surface area contributed by atoms with Crippen LogP contribution < -0.4 is 10.6 Å². The molecule has 0 fully saturated rings. The van der Waals surface area contributed by atoms with Crippen LogP contribution in [0.4, 0.5) is 0 Å². The molecule has 0 saturated heterocycles. The van der Waals surface area contributed by atoms with Gasteiger partial charge in [0.2, 0.25) is 0 Å². The van der Waals surface area contributed by atoms with E-state index in [9.17, 15) is 0 Å². The van der Waals surface area contributed by atoms with Gasteiger partial charge >= 0.3 is 0 Å². The van der Waals surface area contributed by atoms with Crippen LogP contribution in [0.25, 0.3) is 0 Å². The lowest BCUT2D eigenvalue weighted by molar-refractivity contribution is 0.238. The number of hydrogen-bond donors (Lipinski definition) is 2. The summed E-state index contributed by atoms with van der Waals surface area (Å²) in [5.41, 5.74) is 1.35. The zero-order valence-corrected chi connectivity index (χ0v) is 19.1. The molecule has 2 N–H and O–H groups in total. The number of aryl methyl sites for hydroxylation is 1. The zero-order chi connectivity index (χ0) is 21.5. The van der Waals surface area contributed by atoms with Crippen molar-refractivity contribution in [3.05, 3.63) is 47.5 Å². The third-order valence-corrected chi connectivity index (χ3v) is 5.84. The standard InChI is InChI=1S/C23H37N7/c1-17(2)22-27-21-12-11-20(16-30(21)28-22)26-23(24-4)25-14-13-18(3)29(5)15-19-9-7-6-8-10-19/h6-10,17-18,20H,11-16H2,1-5H3,(H2,24,25,26). The lowest BCUT2D eigenvalue weighted by atomic mass is 10.1. The molecular formula is C23H37N7. The lowest BCUT2D eigenvalue weighted by Crippen LogP contribution is -2.47. The topological polar surface area (TPSA) is 70.4 Å². The molecule has 2 atom stereocenters. The summed E-state index contributed by atoms with van der Waals surface area (Å²) in [7, 11) is 4.02. The van der Waals surface area contributed by atoms with E-state index < -0.39 is 0 Å². The molecule has 1 aromatic carbocycles. The number of aromatic nitrogens is 3. The van der Waals surface area contributed by atoms with E-state index in [1.165, 1.54) is 5.56 Å². The molecule has 0 radical (unpaired) electrons. The van der Waals surface area contributed by atoms with Gasteiger partial charge in [0, 0.05) is 44.6 Å². The Balaban J connectivity index is 1.42. The Kier molecular flexibility index (Phi) is 7.85. The largest absolute Gasteiger partial charge is 0.356 e. The normalized spacial score (nSPS) is 17.8. The van der Waals surface area contributed by atoms with Crippen LogP contribution in [-0.4, -0.2) is 58.3 Å². The minimum atomic E-state index is 0.323. The summed E-state index contributed by atoms with van der Waals surface area (Å²) in [6, 6.07) is 11.4. The fraction of sp³-hybridized carbons (Fsp3) is 0.609. The monoisotopic (exact) mass is 411 g/mol. The third-order valence-electron chi connectivity index (χ3n) is 5.84. The van der Waals surface area contributed by atoms with Crippen molar-refractivity contribution in [1.82, 2.24) is 30.3 Å². The van der Waals surface area contributed by atoms with Gasteiger partial charge in [-0.2, -0.15) is 5.10 Å². The molecule has 1 aromatic heterocycles. The van der Waals surface area contributed by atoms with Gasteiger partial charge < -0.3 is 10.6 Å². The second-order valence-electron chi connectivity index (χ2n) is 8.64. The Bertz CT molecular complexity index is 812. The van der Waals surface area contributed by atoms with E-state index >= 15 is 0 Å². The summed E-state index contributed by atoms with van der Waals surface area (Å²) >= 11 is 0. The predicted octanol–water partition coefficient (Wildman–Crippen LogP) is 2.79. The van der Waals surface area contributed by atoms with Crippen LogP contribution in [0.2, 0.25) is 0 Å². The average Bonchev–Trinajstić information content (AvgIpc) is 3.17. The maximum atomic E-state index is 4.67. The molecular weight excluding hydrogens is 374 g/mol. The molecule has 2 unspecified atom stereocenters. The fourth-order valence-corrected chi connectivity index (χ4v) is 3.73. The van der Waals surface area contributed by atoms with E-state index in [-0.39, 0.29) is 0 Å². The lowest BCUT2D eigenvalue weighted by Gasteiger charge is -2.27. The number of rotatable bonds is 8. The first-order valence-electron chi connectivity index (χ1n) is 11.1. The maximum absolute atomic E-state index is 4.67. The van der Waals surface area contributed by atoms with Gasteiger partial charge in [0.1, 0.15) is 5.82 Å². The highest BCUT2D eigenvalue weighted by atomic mass is 15.4. The van der Waals surface area contributed by atoms with Gasteiger partial charge in [0.05, 0.1) is 6.54 Å². The summed E-state index contributed by atoms with van der Waals surface area (Å²) in [6.07, 6.45) is 3.06. The van der Waals surface area contributed by atoms with E-state index in [0.29, 0.717) is 18.0 Å². The molecule has 0 spiro atoms. The molecule has 2 heterocycles. The van der Waals surface area contributed by atoms with Crippen LogP contribution in [-0.2, 0) is 19.5 Å². The van der Waals surface area contributed by atoms with Crippen LogP contribution in [0, 0.1) is 0 Å². The van der Waals surface area contributed by atoms with Gasteiger partial charge in [-0.1, -0.05) is 44.2 Å². The van der Waals surface area contributed by atoms with Crippen molar-refractivity contribution in [2.45, 2.75) is 71.1 Å². The number of guanidine groups is 1. The van der Waals surface area contributed by atoms with Crippen molar-refractivity contribution in [3.8, 4) is 0 Å². The van der Waals surface area contributed by atoms with E-state index in [2.05, 4.69) is 93.4 Å². The predicted molar refractivity (Wildman–Crippen MR) is 123 cm³/mol. The van der Waals surface area contributed by atoms with E-state index in [1.54, 1.807) is 0 Å². The third kappa shape index (κ3) is 6.05. The Hall–Kier alpha value is -2.41. The van der Waals surface area contributed by atoms with Crippen molar-refractivity contribution < 1.29 is 0 Å². The van der Waals surface area contributed by atoms with Gasteiger partial charge in [-0.3, -0.25) is 9.89 Å². The second-order valence-corrected chi connectivity index (χ2v) is 8.64. The van der Waals surface area contributed by atoms with Crippen molar-refractivity contribution in [2.75, 3.05) is 20.6 Å². The molecule has 30 heavy (non-hydrogen) atoms. The zero-order valence-electron chi connectivity index (χ0n) is 19.1. The highest BCUT2D eigenvalue weighted by molar-refractivity contribution is 5.79. The molecule has 2 aromatic rings. The van der Waals surface area contributed by atoms with Crippen LogP contribution >= 0.6 is 0 Å². The Morgan fingerprint density at radius 2 is 2.03 bits per heavy atom. The number of nitrogens with zero attached hydrogens (tertiary/aromatic N) is 5. The quantitative estimate of drug-likeness (QED) is 0.516. The minimum Gasteiger partial charge on any atom is -0.356 e. The minimum absolute atomic E-state index is 0.323. The molecule has 0 bridgehead atoms. The Morgan fingerprint density at radius 3 is 2.73 bits per heavy atom. The molecule has 7 nitrogen and oxygen atoms in total. The summed E-state index contributed by atoms with van der Waals surface area (Å²) < 4.78 is 2.06. The summed E-state index contributed by atoms with van der Waals surface area (Å²) in [6.45, 7) is 9.25. The van der Waals surface area contributed by atoms with Gasteiger partial charge in [0.25, 0.3) is 0 Å². The molecule has 1 aliphatic heterocycles. The number of benzene rings is 1. The number of aliphatic imine (C=N–C) groups is 1. The van der Waals surface area contributed by atoms with Gasteiger partial charge in [0.15, 0.2) is 11.8 Å². The van der Waals surface area contributed by atoms with Crippen molar-refractivity contribution >= 4 is 5.96 Å². The van der Waals surface area contributed by atoms with Crippen LogP contribution in [0.1, 0.15) is 56.7 Å². The fourth-order valence-electron chi connectivity index (χ4n) is 3.73. The van der Waals surface area contributed by atoms with Crippen molar-refractivity contribution in [2.24, 2.45) is 4.99 Å². The molecule has 164 valence electrons. The summed E-state index contributed by atoms with van der Waals surface area (Å²) in [4.78, 5) is 11.5. The summed E-state index contributed by atoms with van der Waals surface area (Å²) in [5.74, 6) is 3.29. The molecule has 1 aliphatic rings. The first-order chi connectivity index (χ1) is 14.5. The molecule has 0 aliphatic carbocycles. The Labute approximate surface area is 181 Å². The smallest absolute Gasteiger partial charge is 0.191 e. The molecule has 7 heteroatoms. The van der Waals surface area contributed by atoms with Gasteiger partial charge in [-0.25, -0.2) is 9.67 Å². The number of hydrogen-bond acceptors (Lipinski definition) is 4. The number of nitrogens with one attached hydrogen (secondary N) is 2. The van der Waals surface area contributed by atoms with Gasteiger partial charge in [-0.15, -0.1) is 0 Å². The van der Waals surface area contributed by atoms with Gasteiger partial charge in [-0.05, 0) is 32.4 Å². The molecule has 0 saturated carbocycles. The second kappa shape index (κ2) is 10.6. The van der Waals surface area contributed by atoms with Crippen LogP contribution in [0.15, 0.2) is 35.3 Å². The SMILES string of the molecule is CN=C(NCCC(C)N(C)Cc1ccccc1)NC1CCc2nc(C(C)C)nn2C1. The van der Waals surface area contributed by atoms with Crippen molar-refractivity contribution in [3.63, 3.8) is 0 Å². The van der Waals surface area contributed by atoms with Crippen molar-refractivity contribution in [1.29, 1.82) is 0 Å². The molecule has 0 amide bonds. The highest BCUT2D eigenvalue weighted by Gasteiger charge is 2.23.